The van der Waals surface area contributed by atoms with E-state index >= 15 is 0 Å². The maximum absolute atomic E-state index is 13.0. The maximum Gasteiger partial charge on any atom is 0.141 e. The second-order valence-corrected chi connectivity index (χ2v) is 4.75. The lowest BCUT2D eigenvalue weighted by atomic mass is 10.1. The van der Waals surface area contributed by atoms with Crippen molar-refractivity contribution in [3.8, 4) is 0 Å². The molecule has 1 fully saturated rings. The van der Waals surface area contributed by atoms with Crippen molar-refractivity contribution in [1.82, 2.24) is 10.2 Å². The van der Waals surface area contributed by atoms with E-state index in [1.165, 1.54) is 6.07 Å². The summed E-state index contributed by atoms with van der Waals surface area (Å²) in [4.78, 5) is 2.35. The van der Waals surface area contributed by atoms with Gasteiger partial charge in [0.1, 0.15) is 5.82 Å². The minimum Gasteiger partial charge on any atom is -0.312 e. The summed E-state index contributed by atoms with van der Waals surface area (Å²) in [6, 6.07) is 5.46. The number of halogens is 2. The van der Waals surface area contributed by atoms with Gasteiger partial charge in [0.15, 0.2) is 0 Å². The smallest absolute Gasteiger partial charge is 0.141 e. The molecular weight excluding hydrogens is 227 g/mol. The fourth-order valence-electron chi connectivity index (χ4n) is 2.05. The van der Waals surface area contributed by atoms with E-state index < -0.39 is 0 Å². The lowest BCUT2D eigenvalue weighted by molar-refractivity contribution is 0.199. The minimum atomic E-state index is -0.348. The Balaban J connectivity index is 2.00. The van der Waals surface area contributed by atoms with Gasteiger partial charge in [0.2, 0.25) is 0 Å². The number of benzene rings is 1. The highest BCUT2D eigenvalue weighted by Crippen LogP contribution is 2.17. The maximum atomic E-state index is 13.0. The summed E-state index contributed by atoms with van der Waals surface area (Å²) in [6.07, 6.45) is 0. The van der Waals surface area contributed by atoms with Crippen LogP contribution in [-0.2, 0) is 6.54 Å². The predicted molar refractivity (Wildman–Crippen MR) is 64.2 cm³/mol. The molecular formula is C12H16ClFN2. The van der Waals surface area contributed by atoms with E-state index in [0.29, 0.717) is 6.04 Å². The first-order valence-corrected chi connectivity index (χ1v) is 5.92. The third kappa shape index (κ3) is 2.94. The summed E-state index contributed by atoms with van der Waals surface area (Å²) in [5.74, 6) is -0.348. The molecule has 1 aromatic rings. The molecule has 1 aliphatic heterocycles. The first-order valence-electron chi connectivity index (χ1n) is 5.55. The lowest BCUT2D eigenvalue weighted by Gasteiger charge is -2.31. The normalized spacial score (nSPS) is 22.3. The van der Waals surface area contributed by atoms with Crippen LogP contribution in [0.25, 0.3) is 0 Å². The molecule has 16 heavy (non-hydrogen) atoms. The molecule has 0 spiro atoms. The third-order valence-electron chi connectivity index (χ3n) is 2.84. The summed E-state index contributed by atoms with van der Waals surface area (Å²) in [5, 5.41) is 3.60. The van der Waals surface area contributed by atoms with Crippen molar-refractivity contribution in [3.05, 3.63) is 34.6 Å². The van der Waals surface area contributed by atoms with Crippen LogP contribution in [0, 0.1) is 5.82 Å². The fourth-order valence-corrected chi connectivity index (χ4v) is 2.26. The molecule has 1 saturated heterocycles. The van der Waals surface area contributed by atoms with Crippen LogP contribution in [0.15, 0.2) is 18.2 Å². The Kier molecular flexibility index (Phi) is 3.79. The summed E-state index contributed by atoms with van der Waals surface area (Å²) in [5.41, 5.74) is 1.07. The predicted octanol–water partition coefficient (Wildman–Crippen LogP) is 2.27. The topological polar surface area (TPSA) is 15.3 Å². The third-order valence-corrected chi connectivity index (χ3v) is 3.13. The molecule has 0 unspecified atom stereocenters. The van der Waals surface area contributed by atoms with Gasteiger partial charge in [0.25, 0.3) is 0 Å². The Morgan fingerprint density at radius 2 is 2.38 bits per heavy atom. The molecule has 0 amide bonds. The lowest BCUT2D eigenvalue weighted by Crippen LogP contribution is -2.48. The van der Waals surface area contributed by atoms with E-state index in [-0.39, 0.29) is 10.8 Å². The van der Waals surface area contributed by atoms with Crippen molar-refractivity contribution in [2.45, 2.75) is 19.5 Å². The number of nitrogens with zero attached hydrogens (tertiary/aromatic N) is 1. The van der Waals surface area contributed by atoms with Crippen LogP contribution < -0.4 is 5.32 Å². The van der Waals surface area contributed by atoms with Gasteiger partial charge in [0, 0.05) is 32.2 Å². The van der Waals surface area contributed by atoms with Gasteiger partial charge in [-0.3, -0.25) is 4.90 Å². The molecule has 88 valence electrons. The Bertz CT molecular complexity index is 370. The van der Waals surface area contributed by atoms with E-state index in [1.54, 1.807) is 12.1 Å². The second kappa shape index (κ2) is 5.13. The number of hydrogen-bond donors (Lipinski definition) is 1. The van der Waals surface area contributed by atoms with E-state index in [9.17, 15) is 4.39 Å². The van der Waals surface area contributed by atoms with E-state index in [4.69, 9.17) is 11.6 Å². The van der Waals surface area contributed by atoms with Crippen LogP contribution in [-0.4, -0.2) is 30.6 Å². The highest BCUT2D eigenvalue weighted by molar-refractivity contribution is 6.30. The van der Waals surface area contributed by atoms with E-state index in [1.807, 2.05) is 0 Å². The molecule has 0 saturated carbocycles. The van der Waals surface area contributed by atoms with E-state index in [0.717, 1.165) is 31.7 Å². The molecule has 0 aromatic heterocycles. The molecule has 1 atom stereocenters. The molecule has 2 nitrogen and oxygen atoms in total. The monoisotopic (exact) mass is 242 g/mol. The fraction of sp³-hybridized carbons (Fsp3) is 0.500. The Hall–Kier alpha value is -0.640. The summed E-state index contributed by atoms with van der Waals surface area (Å²) in [7, 11) is 0. The van der Waals surface area contributed by atoms with Crippen LogP contribution in [0.2, 0.25) is 5.02 Å². The van der Waals surface area contributed by atoms with Crippen LogP contribution in [0.1, 0.15) is 12.5 Å². The van der Waals surface area contributed by atoms with Crippen molar-refractivity contribution in [2.75, 3.05) is 19.6 Å². The van der Waals surface area contributed by atoms with Crippen LogP contribution in [0.5, 0.6) is 0 Å². The molecule has 2 rings (SSSR count). The summed E-state index contributed by atoms with van der Waals surface area (Å²) < 4.78 is 13.0. The molecule has 4 heteroatoms. The van der Waals surface area contributed by atoms with Gasteiger partial charge < -0.3 is 5.32 Å². The number of piperazine rings is 1. The van der Waals surface area contributed by atoms with E-state index in [2.05, 4.69) is 17.1 Å². The Morgan fingerprint density at radius 3 is 3.06 bits per heavy atom. The zero-order chi connectivity index (χ0) is 11.5. The zero-order valence-corrected chi connectivity index (χ0v) is 10.1. The van der Waals surface area contributed by atoms with Crippen molar-refractivity contribution in [3.63, 3.8) is 0 Å². The average Bonchev–Trinajstić information content (AvgIpc) is 2.24. The van der Waals surface area contributed by atoms with Gasteiger partial charge in [0.05, 0.1) is 5.02 Å². The largest absolute Gasteiger partial charge is 0.312 e. The number of rotatable bonds is 2. The first-order chi connectivity index (χ1) is 7.65. The highest BCUT2D eigenvalue weighted by atomic mass is 35.5. The molecule has 1 aliphatic rings. The standard InChI is InChI=1S/C12H16ClFN2/c1-9-7-16(5-4-15-9)8-10-2-3-12(14)11(13)6-10/h2-3,6,9,15H,4-5,7-8H2,1H3/t9-/m0/s1. The molecule has 1 heterocycles. The molecule has 0 aliphatic carbocycles. The minimum absolute atomic E-state index is 0.209. The zero-order valence-electron chi connectivity index (χ0n) is 9.34. The second-order valence-electron chi connectivity index (χ2n) is 4.34. The van der Waals surface area contributed by atoms with Crippen molar-refractivity contribution in [1.29, 1.82) is 0 Å². The number of nitrogens with one attached hydrogen (secondary N) is 1. The van der Waals surface area contributed by atoms with Crippen molar-refractivity contribution in [2.24, 2.45) is 0 Å². The Labute approximate surface area is 100 Å². The molecule has 1 N–H and O–H groups in total. The van der Waals surface area contributed by atoms with Gasteiger partial charge in [-0.05, 0) is 24.6 Å². The van der Waals surface area contributed by atoms with Gasteiger partial charge in [-0.15, -0.1) is 0 Å². The quantitative estimate of drug-likeness (QED) is 0.856. The Morgan fingerprint density at radius 1 is 1.56 bits per heavy atom. The van der Waals surface area contributed by atoms with Gasteiger partial charge in [-0.1, -0.05) is 17.7 Å². The van der Waals surface area contributed by atoms with Gasteiger partial charge >= 0.3 is 0 Å². The van der Waals surface area contributed by atoms with Gasteiger partial charge in [-0.25, -0.2) is 4.39 Å². The average molecular weight is 243 g/mol. The summed E-state index contributed by atoms with van der Waals surface area (Å²) >= 11 is 5.75. The first kappa shape index (κ1) is 11.8. The van der Waals surface area contributed by atoms with Crippen molar-refractivity contribution < 1.29 is 4.39 Å². The molecule has 1 aromatic carbocycles. The van der Waals surface area contributed by atoms with Crippen LogP contribution >= 0.6 is 11.6 Å². The highest BCUT2D eigenvalue weighted by Gasteiger charge is 2.15. The van der Waals surface area contributed by atoms with Gasteiger partial charge in [-0.2, -0.15) is 0 Å². The summed E-state index contributed by atoms with van der Waals surface area (Å²) in [6.45, 7) is 6.07. The molecule has 0 radical (unpaired) electrons. The van der Waals surface area contributed by atoms with Crippen molar-refractivity contribution >= 4 is 11.6 Å². The molecule has 0 bridgehead atoms. The van der Waals surface area contributed by atoms with Crippen LogP contribution in [0.3, 0.4) is 0 Å². The van der Waals surface area contributed by atoms with Crippen LogP contribution in [0.4, 0.5) is 4.39 Å². The SMILES string of the molecule is C[C@H]1CN(Cc2ccc(F)c(Cl)c2)CCN1. The number of hydrogen-bond acceptors (Lipinski definition) is 2.